The van der Waals surface area contributed by atoms with E-state index >= 15 is 0 Å². The van der Waals surface area contributed by atoms with Crippen LogP contribution in [0.2, 0.25) is 0 Å². The molecule has 1 unspecified atom stereocenters. The highest BCUT2D eigenvalue weighted by Crippen LogP contribution is 2.40. The van der Waals surface area contributed by atoms with E-state index in [0.29, 0.717) is 0 Å². The number of aliphatic hydroxyl groups is 1. The Morgan fingerprint density at radius 2 is 2.26 bits per heavy atom. The maximum Gasteiger partial charge on any atom is 0.108 e. The predicted molar refractivity (Wildman–Crippen MR) is 74.9 cm³/mol. The number of rotatable bonds is 5. The number of aromatic nitrogens is 2. The lowest BCUT2D eigenvalue weighted by molar-refractivity contribution is 0.166. The monoisotopic (exact) mass is 256 g/mol. The highest BCUT2D eigenvalue weighted by Gasteiger charge is 2.24. The van der Waals surface area contributed by atoms with Gasteiger partial charge in [-0.2, -0.15) is 0 Å². The lowest BCUT2D eigenvalue weighted by Gasteiger charge is -2.12. The minimum Gasteiger partial charge on any atom is -0.388 e. The summed E-state index contributed by atoms with van der Waals surface area (Å²) in [6, 6.07) is 8.43. The molecule has 3 heteroatoms. The third kappa shape index (κ3) is 2.87. The van der Waals surface area contributed by atoms with E-state index in [9.17, 15) is 5.11 Å². The standard InChI is InChI=1S/C16H20N2O/c1-18-10-9-17-16(18)8-7-15(19)14-4-2-3-13(11-14)12-5-6-12/h2-4,9-12,15,19H,5-8H2,1H3. The van der Waals surface area contributed by atoms with Crippen LogP contribution < -0.4 is 0 Å². The van der Waals surface area contributed by atoms with Crippen molar-refractivity contribution in [2.75, 3.05) is 0 Å². The van der Waals surface area contributed by atoms with E-state index in [1.807, 2.05) is 23.9 Å². The lowest BCUT2D eigenvalue weighted by atomic mass is 10.0. The molecule has 0 amide bonds. The maximum atomic E-state index is 10.3. The van der Waals surface area contributed by atoms with Gasteiger partial charge in [-0.25, -0.2) is 4.98 Å². The Hall–Kier alpha value is -1.61. The van der Waals surface area contributed by atoms with Crippen LogP contribution >= 0.6 is 0 Å². The first-order valence-corrected chi connectivity index (χ1v) is 6.98. The van der Waals surface area contributed by atoms with Crippen LogP contribution in [-0.4, -0.2) is 14.7 Å². The Kier molecular flexibility index (Phi) is 3.38. The van der Waals surface area contributed by atoms with Gasteiger partial charge in [0, 0.05) is 25.9 Å². The minimum absolute atomic E-state index is 0.393. The molecule has 2 aromatic rings. The Morgan fingerprint density at radius 3 is 2.95 bits per heavy atom. The smallest absolute Gasteiger partial charge is 0.108 e. The van der Waals surface area contributed by atoms with E-state index in [2.05, 4.69) is 23.2 Å². The molecule has 1 aromatic carbocycles. The van der Waals surface area contributed by atoms with Gasteiger partial charge in [-0.05, 0) is 36.3 Å². The Balaban J connectivity index is 1.64. The molecule has 3 nitrogen and oxygen atoms in total. The molecular weight excluding hydrogens is 236 g/mol. The first-order valence-electron chi connectivity index (χ1n) is 6.98. The average Bonchev–Trinajstić information content (AvgIpc) is 3.20. The summed E-state index contributed by atoms with van der Waals surface area (Å²) in [6.07, 6.45) is 7.47. The van der Waals surface area contributed by atoms with Crippen LogP contribution in [0.3, 0.4) is 0 Å². The molecule has 100 valence electrons. The molecule has 0 bridgehead atoms. The van der Waals surface area contributed by atoms with E-state index in [-0.39, 0.29) is 0 Å². The fraction of sp³-hybridized carbons (Fsp3) is 0.438. The summed E-state index contributed by atoms with van der Waals surface area (Å²) in [5, 5.41) is 10.3. The van der Waals surface area contributed by atoms with Crippen molar-refractivity contribution in [1.82, 2.24) is 9.55 Å². The van der Waals surface area contributed by atoms with Crippen molar-refractivity contribution < 1.29 is 5.11 Å². The molecule has 1 aliphatic rings. The molecule has 1 N–H and O–H groups in total. The molecule has 0 saturated heterocycles. The SMILES string of the molecule is Cn1ccnc1CCC(O)c1cccc(C2CC2)c1. The summed E-state index contributed by atoms with van der Waals surface area (Å²) in [5.41, 5.74) is 2.42. The number of aryl methyl sites for hydroxylation is 2. The molecule has 1 saturated carbocycles. The average molecular weight is 256 g/mol. The normalized spacial score (nSPS) is 16.5. The first-order chi connectivity index (χ1) is 9.24. The molecule has 1 heterocycles. The largest absolute Gasteiger partial charge is 0.388 e. The van der Waals surface area contributed by atoms with Gasteiger partial charge in [0.15, 0.2) is 0 Å². The van der Waals surface area contributed by atoms with Gasteiger partial charge in [-0.3, -0.25) is 0 Å². The summed E-state index contributed by atoms with van der Waals surface area (Å²) < 4.78 is 2.01. The molecule has 19 heavy (non-hydrogen) atoms. The van der Waals surface area contributed by atoms with Gasteiger partial charge >= 0.3 is 0 Å². The molecule has 1 fully saturated rings. The third-order valence-electron chi connectivity index (χ3n) is 3.91. The predicted octanol–water partition coefficient (Wildman–Crippen LogP) is 2.96. The number of benzene rings is 1. The van der Waals surface area contributed by atoms with Gasteiger partial charge in [-0.1, -0.05) is 24.3 Å². The Morgan fingerprint density at radius 1 is 1.42 bits per heavy atom. The second-order valence-electron chi connectivity index (χ2n) is 5.45. The van der Waals surface area contributed by atoms with Crippen LogP contribution in [0.5, 0.6) is 0 Å². The van der Waals surface area contributed by atoms with Crippen LogP contribution in [0.15, 0.2) is 36.7 Å². The van der Waals surface area contributed by atoms with Gasteiger partial charge in [0.05, 0.1) is 6.10 Å². The van der Waals surface area contributed by atoms with E-state index < -0.39 is 6.10 Å². The van der Waals surface area contributed by atoms with Crippen molar-refractivity contribution in [2.24, 2.45) is 7.05 Å². The topological polar surface area (TPSA) is 38.0 Å². The van der Waals surface area contributed by atoms with Crippen molar-refractivity contribution in [3.8, 4) is 0 Å². The minimum atomic E-state index is -0.393. The zero-order valence-electron chi connectivity index (χ0n) is 11.3. The van der Waals surface area contributed by atoms with Gasteiger partial charge < -0.3 is 9.67 Å². The van der Waals surface area contributed by atoms with Crippen molar-refractivity contribution in [2.45, 2.75) is 37.7 Å². The third-order valence-corrected chi connectivity index (χ3v) is 3.91. The maximum absolute atomic E-state index is 10.3. The molecule has 0 aliphatic heterocycles. The van der Waals surface area contributed by atoms with Crippen molar-refractivity contribution in [1.29, 1.82) is 0 Å². The summed E-state index contributed by atoms with van der Waals surface area (Å²) >= 11 is 0. The fourth-order valence-corrected chi connectivity index (χ4v) is 2.51. The summed E-state index contributed by atoms with van der Waals surface area (Å²) in [4.78, 5) is 4.29. The van der Waals surface area contributed by atoms with Gasteiger partial charge in [0.25, 0.3) is 0 Å². The van der Waals surface area contributed by atoms with E-state index in [4.69, 9.17) is 0 Å². The van der Waals surface area contributed by atoms with Crippen LogP contribution in [0, 0.1) is 0 Å². The van der Waals surface area contributed by atoms with Crippen molar-refractivity contribution in [3.05, 3.63) is 53.6 Å². The van der Waals surface area contributed by atoms with Gasteiger partial charge in [-0.15, -0.1) is 0 Å². The second-order valence-corrected chi connectivity index (χ2v) is 5.45. The van der Waals surface area contributed by atoms with Crippen LogP contribution in [0.1, 0.15) is 48.2 Å². The summed E-state index contributed by atoms with van der Waals surface area (Å²) in [7, 11) is 1.99. The zero-order valence-corrected chi connectivity index (χ0v) is 11.3. The van der Waals surface area contributed by atoms with Crippen LogP contribution in [0.25, 0.3) is 0 Å². The molecule has 1 aliphatic carbocycles. The Labute approximate surface area is 113 Å². The van der Waals surface area contributed by atoms with Crippen LogP contribution in [0.4, 0.5) is 0 Å². The number of aliphatic hydroxyl groups excluding tert-OH is 1. The number of hydrogen-bond acceptors (Lipinski definition) is 2. The lowest BCUT2D eigenvalue weighted by Crippen LogP contribution is -2.04. The van der Waals surface area contributed by atoms with E-state index in [0.717, 1.165) is 30.1 Å². The summed E-state index contributed by atoms with van der Waals surface area (Å²) in [6.45, 7) is 0. The van der Waals surface area contributed by atoms with E-state index in [1.54, 1.807) is 6.20 Å². The highest BCUT2D eigenvalue weighted by atomic mass is 16.3. The molecule has 0 spiro atoms. The number of hydrogen-bond donors (Lipinski definition) is 1. The molecule has 0 radical (unpaired) electrons. The van der Waals surface area contributed by atoms with Gasteiger partial charge in [0.2, 0.25) is 0 Å². The molecule has 1 aromatic heterocycles. The zero-order chi connectivity index (χ0) is 13.2. The number of nitrogens with zero attached hydrogens (tertiary/aromatic N) is 2. The molecule has 1 atom stereocenters. The molecular formula is C16H20N2O. The Bertz CT molecular complexity index is 557. The van der Waals surface area contributed by atoms with E-state index in [1.165, 1.54) is 18.4 Å². The quantitative estimate of drug-likeness (QED) is 0.893. The fourth-order valence-electron chi connectivity index (χ4n) is 2.51. The van der Waals surface area contributed by atoms with Gasteiger partial charge in [0.1, 0.15) is 5.82 Å². The van der Waals surface area contributed by atoms with Crippen molar-refractivity contribution in [3.63, 3.8) is 0 Å². The number of imidazole rings is 1. The highest BCUT2D eigenvalue weighted by molar-refractivity contribution is 5.30. The van der Waals surface area contributed by atoms with Crippen LogP contribution in [-0.2, 0) is 13.5 Å². The first kappa shape index (κ1) is 12.4. The second kappa shape index (κ2) is 5.17. The summed E-state index contributed by atoms with van der Waals surface area (Å²) in [5.74, 6) is 1.76. The molecule has 3 rings (SSSR count). The van der Waals surface area contributed by atoms with Crippen molar-refractivity contribution >= 4 is 0 Å².